The normalized spacial score (nSPS) is 9.94. The molecule has 1 rings (SSSR count). The summed E-state index contributed by atoms with van der Waals surface area (Å²) in [6, 6.07) is 0.333. The summed E-state index contributed by atoms with van der Waals surface area (Å²) in [5.41, 5.74) is 0.468. The highest BCUT2D eigenvalue weighted by atomic mass is 19.1. The molecular formula is C7H4FN3O6. The summed E-state index contributed by atoms with van der Waals surface area (Å²) in [6.07, 6.45) is 0. The van der Waals surface area contributed by atoms with Gasteiger partial charge in [-0.15, -0.1) is 0 Å². The van der Waals surface area contributed by atoms with Crippen LogP contribution >= 0.6 is 0 Å². The molecule has 17 heavy (non-hydrogen) atoms. The molecule has 3 N–H and O–H groups in total. The van der Waals surface area contributed by atoms with Crippen molar-refractivity contribution in [1.29, 1.82) is 0 Å². The van der Waals surface area contributed by atoms with E-state index < -0.39 is 44.3 Å². The van der Waals surface area contributed by atoms with Crippen LogP contribution in [-0.4, -0.2) is 20.9 Å². The predicted octanol–water partition coefficient (Wildman–Crippen LogP) is 0.923. The first-order valence-electron chi connectivity index (χ1n) is 3.91. The van der Waals surface area contributed by atoms with E-state index >= 15 is 0 Å². The summed E-state index contributed by atoms with van der Waals surface area (Å²) in [4.78, 5) is 28.9. The first kappa shape index (κ1) is 12.3. The zero-order valence-corrected chi connectivity index (χ0v) is 7.92. The minimum absolute atomic E-state index is 0.333. The van der Waals surface area contributed by atoms with E-state index in [1.54, 1.807) is 0 Å². The molecule has 0 bridgehead atoms. The van der Waals surface area contributed by atoms with Crippen molar-refractivity contribution in [2.75, 3.05) is 5.73 Å². The SMILES string of the molecule is Nc1c(C(=O)O)cc([N+](=O)[O-])c(F)c1[N+](=O)[O-]. The molecule has 90 valence electrons. The Kier molecular flexibility index (Phi) is 2.89. The van der Waals surface area contributed by atoms with E-state index in [4.69, 9.17) is 10.8 Å². The van der Waals surface area contributed by atoms with Crippen LogP contribution in [-0.2, 0) is 0 Å². The Morgan fingerprint density at radius 3 is 2.24 bits per heavy atom. The Hall–Kier alpha value is -2.78. The van der Waals surface area contributed by atoms with Gasteiger partial charge in [0.05, 0.1) is 15.4 Å². The zero-order chi connectivity index (χ0) is 13.3. The second kappa shape index (κ2) is 4.00. The van der Waals surface area contributed by atoms with E-state index in [1.807, 2.05) is 0 Å². The number of hydrogen-bond donors (Lipinski definition) is 2. The Morgan fingerprint density at radius 1 is 1.35 bits per heavy atom. The van der Waals surface area contributed by atoms with Gasteiger partial charge in [-0.3, -0.25) is 20.2 Å². The smallest absolute Gasteiger partial charge is 0.338 e. The van der Waals surface area contributed by atoms with Crippen LogP contribution in [0.1, 0.15) is 10.4 Å². The summed E-state index contributed by atoms with van der Waals surface area (Å²) in [7, 11) is 0. The lowest BCUT2D eigenvalue weighted by Crippen LogP contribution is -2.09. The van der Waals surface area contributed by atoms with Gasteiger partial charge in [-0.2, -0.15) is 4.39 Å². The van der Waals surface area contributed by atoms with Gasteiger partial charge in [0.2, 0.25) is 0 Å². The van der Waals surface area contributed by atoms with Gasteiger partial charge in [0.15, 0.2) is 0 Å². The van der Waals surface area contributed by atoms with Gasteiger partial charge in [-0.05, 0) is 0 Å². The topological polar surface area (TPSA) is 150 Å². The van der Waals surface area contributed by atoms with Crippen LogP contribution in [0.25, 0.3) is 0 Å². The van der Waals surface area contributed by atoms with Gasteiger partial charge in [0.1, 0.15) is 5.69 Å². The lowest BCUT2D eigenvalue weighted by Gasteiger charge is -2.03. The number of benzene rings is 1. The first-order chi connectivity index (χ1) is 7.77. The third-order valence-corrected chi connectivity index (χ3v) is 1.87. The van der Waals surface area contributed by atoms with Crippen LogP contribution < -0.4 is 5.73 Å². The molecular weight excluding hydrogens is 241 g/mol. The monoisotopic (exact) mass is 245 g/mol. The molecule has 0 radical (unpaired) electrons. The van der Waals surface area contributed by atoms with Crippen molar-refractivity contribution in [3.63, 3.8) is 0 Å². The van der Waals surface area contributed by atoms with Crippen LogP contribution in [0.5, 0.6) is 0 Å². The molecule has 0 aromatic heterocycles. The van der Waals surface area contributed by atoms with Gasteiger partial charge in [-0.25, -0.2) is 4.79 Å². The number of hydrogen-bond acceptors (Lipinski definition) is 6. The second-order valence-electron chi connectivity index (χ2n) is 2.84. The van der Waals surface area contributed by atoms with Gasteiger partial charge in [0.25, 0.3) is 5.82 Å². The van der Waals surface area contributed by atoms with Crippen molar-refractivity contribution >= 4 is 23.0 Å². The summed E-state index contributed by atoms with van der Waals surface area (Å²) in [6.45, 7) is 0. The van der Waals surface area contributed by atoms with Crippen LogP contribution in [0.15, 0.2) is 6.07 Å². The third-order valence-electron chi connectivity index (χ3n) is 1.87. The van der Waals surface area contributed by atoms with Crippen molar-refractivity contribution in [3.8, 4) is 0 Å². The fraction of sp³-hybridized carbons (Fsp3) is 0. The molecule has 0 fully saturated rings. The van der Waals surface area contributed by atoms with Crippen molar-refractivity contribution in [2.24, 2.45) is 0 Å². The number of carbonyl (C=O) groups is 1. The maximum Gasteiger partial charge on any atom is 0.338 e. The molecule has 9 nitrogen and oxygen atoms in total. The van der Waals surface area contributed by atoms with Gasteiger partial charge < -0.3 is 10.8 Å². The molecule has 0 amide bonds. The molecule has 0 aliphatic heterocycles. The maximum absolute atomic E-state index is 13.3. The fourth-order valence-electron chi connectivity index (χ4n) is 1.13. The number of aromatic carboxylic acids is 1. The number of rotatable bonds is 3. The summed E-state index contributed by atoms with van der Waals surface area (Å²) >= 11 is 0. The highest BCUT2D eigenvalue weighted by Crippen LogP contribution is 2.35. The highest BCUT2D eigenvalue weighted by Gasteiger charge is 2.33. The molecule has 0 spiro atoms. The van der Waals surface area contributed by atoms with Gasteiger partial charge >= 0.3 is 17.3 Å². The number of nitrogen functional groups attached to an aromatic ring is 1. The van der Waals surface area contributed by atoms with Crippen LogP contribution in [0, 0.1) is 26.0 Å². The van der Waals surface area contributed by atoms with Crippen molar-refractivity contribution < 1.29 is 24.1 Å². The molecule has 0 unspecified atom stereocenters. The van der Waals surface area contributed by atoms with Crippen LogP contribution in [0.4, 0.5) is 21.5 Å². The number of anilines is 1. The quantitative estimate of drug-likeness (QED) is 0.456. The van der Waals surface area contributed by atoms with E-state index in [1.165, 1.54) is 0 Å². The molecule has 1 aromatic rings. The Balaban J connectivity index is 3.76. The maximum atomic E-state index is 13.3. The van der Waals surface area contributed by atoms with Crippen molar-refractivity contribution in [1.82, 2.24) is 0 Å². The summed E-state index contributed by atoms with van der Waals surface area (Å²) in [5, 5.41) is 29.5. The number of nitrogens with two attached hydrogens (primary N) is 1. The van der Waals surface area contributed by atoms with E-state index in [2.05, 4.69) is 0 Å². The lowest BCUT2D eigenvalue weighted by atomic mass is 10.1. The molecule has 0 atom stereocenters. The average Bonchev–Trinajstić information content (AvgIpc) is 2.15. The van der Waals surface area contributed by atoms with E-state index in [0.29, 0.717) is 6.07 Å². The van der Waals surface area contributed by atoms with E-state index in [9.17, 15) is 29.4 Å². The summed E-state index contributed by atoms with van der Waals surface area (Å²) in [5.74, 6) is -3.50. The number of nitro groups is 2. The Morgan fingerprint density at radius 2 is 1.88 bits per heavy atom. The molecule has 0 saturated heterocycles. The minimum atomic E-state index is -1.78. The zero-order valence-electron chi connectivity index (χ0n) is 7.92. The number of halogens is 1. The molecule has 10 heteroatoms. The number of nitrogens with zero attached hydrogens (tertiary/aromatic N) is 2. The molecule has 1 aromatic carbocycles. The Bertz CT molecular complexity index is 505. The van der Waals surface area contributed by atoms with E-state index in [0.717, 1.165) is 0 Å². The number of carboxylic acid groups (broad SMARTS) is 1. The minimum Gasteiger partial charge on any atom is -0.478 e. The van der Waals surface area contributed by atoms with Gasteiger partial charge in [-0.1, -0.05) is 0 Å². The standard InChI is InChI=1S/C7H4FN3O6/c8-4-3(10(14)15)1-2(7(12)13)5(9)6(4)11(16)17/h1H,9H2,(H,12,13). The van der Waals surface area contributed by atoms with Crippen LogP contribution in [0.2, 0.25) is 0 Å². The largest absolute Gasteiger partial charge is 0.478 e. The third kappa shape index (κ3) is 1.95. The molecule has 0 aliphatic rings. The highest BCUT2D eigenvalue weighted by molar-refractivity contribution is 5.97. The average molecular weight is 245 g/mol. The predicted molar refractivity (Wildman–Crippen MR) is 51.1 cm³/mol. The summed E-state index contributed by atoms with van der Waals surface area (Å²) < 4.78 is 13.3. The number of carboxylic acids is 1. The Labute approximate surface area is 91.6 Å². The second-order valence-corrected chi connectivity index (χ2v) is 2.84. The lowest BCUT2D eigenvalue weighted by molar-refractivity contribution is -0.398. The molecule has 0 heterocycles. The molecule has 0 aliphatic carbocycles. The molecule has 0 saturated carbocycles. The number of nitro benzene ring substituents is 2. The van der Waals surface area contributed by atoms with Crippen LogP contribution in [0.3, 0.4) is 0 Å². The fourth-order valence-corrected chi connectivity index (χ4v) is 1.13. The first-order valence-corrected chi connectivity index (χ1v) is 3.91. The van der Waals surface area contributed by atoms with Crippen molar-refractivity contribution in [3.05, 3.63) is 37.7 Å². The van der Waals surface area contributed by atoms with E-state index in [-0.39, 0.29) is 0 Å². The van der Waals surface area contributed by atoms with Crippen molar-refractivity contribution in [2.45, 2.75) is 0 Å². The van der Waals surface area contributed by atoms with Gasteiger partial charge in [0, 0.05) is 6.07 Å².